The van der Waals surface area contributed by atoms with E-state index in [1.54, 1.807) is 9.58 Å². The second kappa shape index (κ2) is 11.5. The maximum Gasteiger partial charge on any atom is 0.254 e. The van der Waals surface area contributed by atoms with Gasteiger partial charge in [-0.15, -0.1) is 0 Å². The van der Waals surface area contributed by atoms with Crippen molar-refractivity contribution in [2.45, 2.75) is 33.6 Å². The third kappa shape index (κ3) is 5.89. The van der Waals surface area contributed by atoms with Crippen molar-refractivity contribution in [3.05, 3.63) is 102 Å². The third-order valence-corrected chi connectivity index (χ3v) is 6.10. The van der Waals surface area contributed by atoms with Gasteiger partial charge >= 0.3 is 0 Å². The fourth-order valence-electron chi connectivity index (χ4n) is 4.04. The number of unbranched alkanes of at least 4 members (excludes halogenated alkanes) is 1. The summed E-state index contributed by atoms with van der Waals surface area (Å²) < 4.78 is 1.74. The lowest BCUT2D eigenvalue weighted by Crippen LogP contribution is -2.39. The van der Waals surface area contributed by atoms with E-state index in [1.165, 1.54) is 0 Å². The number of carbonyl (C=O) groups is 2. The molecule has 36 heavy (non-hydrogen) atoms. The number of nitrogens with one attached hydrogen (secondary N) is 1. The molecule has 0 radical (unpaired) electrons. The summed E-state index contributed by atoms with van der Waals surface area (Å²) in [4.78, 5) is 28.2. The van der Waals surface area contributed by atoms with Gasteiger partial charge in [-0.25, -0.2) is 4.68 Å². The molecule has 4 aromatic rings. The van der Waals surface area contributed by atoms with Crippen LogP contribution < -0.4 is 5.32 Å². The molecule has 0 bridgehead atoms. The SMILES string of the molecule is CCCCN(CC(=O)Nc1cc(-c2ccccc2)nn1-c1ccc(C)cc1)C(=O)c1ccccc1C. The first-order valence-electron chi connectivity index (χ1n) is 12.3. The molecule has 1 heterocycles. The molecule has 4 rings (SSSR count). The number of carbonyl (C=O) groups excluding carboxylic acids is 2. The largest absolute Gasteiger partial charge is 0.329 e. The average Bonchev–Trinajstić information content (AvgIpc) is 3.31. The number of anilines is 1. The van der Waals surface area contributed by atoms with E-state index in [2.05, 4.69) is 12.2 Å². The average molecular weight is 481 g/mol. The van der Waals surface area contributed by atoms with Gasteiger partial charge in [-0.1, -0.05) is 79.6 Å². The van der Waals surface area contributed by atoms with Crippen LogP contribution in [0.5, 0.6) is 0 Å². The Morgan fingerprint density at radius 3 is 2.31 bits per heavy atom. The Labute approximate surface area is 212 Å². The van der Waals surface area contributed by atoms with E-state index in [9.17, 15) is 9.59 Å². The van der Waals surface area contributed by atoms with Crippen molar-refractivity contribution in [2.75, 3.05) is 18.4 Å². The van der Waals surface area contributed by atoms with Gasteiger partial charge in [0.25, 0.3) is 5.91 Å². The first kappa shape index (κ1) is 24.9. The first-order chi connectivity index (χ1) is 17.5. The summed E-state index contributed by atoms with van der Waals surface area (Å²) >= 11 is 0. The summed E-state index contributed by atoms with van der Waals surface area (Å²) in [6.45, 7) is 6.50. The van der Waals surface area contributed by atoms with Gasteiger partial charge in [0.2, 0.25) is 5.91 Å². The van der Waals surface area contributed by atoms with Crippen LogP contribution in [0.25, 0.3) is 16.9 Å². The summed E-state index contributed by atoms with van der Waals surface area (Å²) in [7, 11) is 0. The Morgan fingerprint density at radius 1 is 0.917 bits per heavy atom. The van der Waals surface area contributed by atoms with Gasteiger partial charge < -0.3 is 10.2 Å². The van der Waals surface area contributed by atoms with Gasteiger partial charge in [-0.3, -0.25) is 9.59 Å². The van der Waals surface area contributed by atoms with E-state index in [0.717, 1.165) is 40.9 Å². The van der Waals surface area contributed by atoms with Crippen molar-refractivity contribution in [1.29, 1.82) is 0 Å². The molecule has 0 saturated carbocycles. The van der Waals surface area contributed by atoms with Gasteiger partial charge in [-0.2, -0.15) is 5.10 Å². The van der Waals surface area contributed by atoms with Gasteiger partial charge in [0.1, 0.15) is 12.4 Å². The molecular weight excluding hydrogens is 448 g/mol. The highest BCUT2D eigenvalue weighted by Gasteiger charge is 2.21. The van der Waals surface area contributed by atoms with Crippen LogP contribution in [0, 0.1) is 13.8 Å². The number of hydrogen-bond donors (Lipinski definition) is 1. The fraction of sp³-hybridized carbons (Fsp3) is 0.233. The number of aromatic nitrogens is 2. The molecule has 3 aromatic carbocycles. The van der Waals surface area contributed by atoms with Crippen LogP contribution in [0.15, 0.2) is 84.9 Å². The molecular formula is C30H32N4O2. The van der Waals surface area contributed by atoms with E-state index in [0.29, 0.717) is 17.9 Å². The normalized spacial score (nSPS) is 10.8. The predicted octanol–water partition coefficient (Wildman–Crippen LogP) is 6.04. The monoisotopic (exact) mass is 480 g/mol. The Balaban J connectivity index is 1.60. The van der Waals surface area contributed by atoms with Crippen LogP contribution in [0.2, 0.25) is 0 Å². The highest BCUT2D eigenvalue weighted by Crippen LogP contribution is 2.25. The highest BCUT2D eigenvalue weighted by molar-refractivity contribution is 6.00. The van der Waals surface area contributed by atoms with Crippen molar-refractivity contribution in [3.8, 4) is 16.9 Å². The van der Waals surface area contributed by atoms with Gasteiger partial charge in [-0.05, 0) is 44.0 Å². The lowest BCUT2D eigenvalue weighted by molar-refractivity contribution is -0.117. The van der Waals surface area contributed by atoms with Crippen LogP contribution >= 0.6 is 0 Å². The molecule has 1 aromatic heterocycles. The van der Waals surface area contributed by atoms with Crippen LogP contribution in [-0.4, -0.2) is 39.6 Å². The van der Waals surface area contributed by atoms with Crippen LogP contribution in [0.4, 0.5) is 5.82 Å². The second-order valence-corrected chi connectivity index (χ2v) is 8.97. The molecule has 0 spiro atoms. The molecule has 184 valence electrons. The second-order valence-electron chi connectivity index (χ2n) is 8.97. The smallest absolute Gasteiger partial charge is 0.254 e. The zero-order valence-corrected chi connectivity index (χ0v) is 21.1. The Bertz CT molecular complexity index is 1330. The van der Waals surface area contributed by atoms with Crippen molar-refractivity contribution in [1.82, 2.24) is 14.7 Å². The topological polar surface area (TPSA) is 67.2 Å². The maximum atomic E-state index is 13.3. The summed E-state index contributed by atoms with van der Waals surface area (Å²) in [5.41, 5.74) is 5.22. The summed E-state index contributed by atoms with van der Waals surface area (Å²) in [6, 6.07) is 27.2. The molecule has 0 fully saturated rings. The van der Waals surface area contributed by atoms with Gasteiger partial charge in [0.15, 0.2) is 0 Å². The summed E-state index contributed by atoms with van der Waals surface area (Å²) in [5.74, 6) is 0.163. The molecule has 0 atom stereocenters. The predicted molar refractivity (Wildman–Crippen MR) is 144 cm³/mol. The minimum Gasteiger partial charge on any atom is -0.329 e. The molecule has 0 unspecified atom stereocenters. The lowest BCUT2D eigenvalue weighted by atomic mass is 10.1. The number of benzene rings is 3. The number of aryl methyl sites for hydroxylation is 2. The summed E-state index contributed by atoms with van der Waals surface area (Å²) in [6.07, 6.45) is 1.75. The Hall–Kier alpha value is -4.19. The highest BCUT2D eigenvalue weighted by atomic mass is 16.2. The van der Waals surface area contributed by atoms with Crippen molar-refractivity contribution >= 4 is 17.6 Å². The van der Waals surface area contributed by atoms with Gasteiger partial charge in [0.05, 0.1) is 11.4 Å². The fourth-order valence-corrected chi connectivity index (χ4v) is 4.04. The Kier molecular flexibility index (Phi) is 7.95. The van der Waals surface area contributed by atoms with Crippen molar-refractivity contribution in [2.24, 2.45) is 0 Å². The maximum absolute atomic E-state index is 13.3. The molecule has 0 aliphatic carbocycles. The van der Waals surface area contributed by atoms with Crippen molar-refractivity contribution < 1.29 is 9.59 Å². The number of amides is 2. The number of rotatable bonds is 9. The summed E-state index contributed by atoms with van der Waals surface area (Å²) in [5, 5.41) is 7.79. The van der Waals surface area contributed by atoms with E-state index < -0.39 is 0 Å². The van der Waals surface area contributed by atoms with Gasteiger partial charge in [0, 0.05) is 23.7 Å². The Morgan fingerprint density at radius 2 is 1.61 bits per heavy atom. The van der Waals surface area contributed by atoms with E-state index in [4.69, 9.17) is 5.10 Å². The minimum atomic E-state index is -0.263. The first-order valence-corrected chi connectivity index (χ1v) is 12.3. The number of nitrogens with zero attached hydrogens (tertiary/aromatic N) is 3. The van der Waals surface area contributed by atoms with Crippen LogP contribution in [-0.2, 0) is 4.79 Å². The molecule has 0 aliphatic rings. The molecule has 1 N–H and O–H groups in total. The molecule has 0 aliphatic heterocycles. The third-order valence-electron chi connectivity index (χ3n) is 6.10. The van der Waals surface area contributed by atoms with Crippen LogP contribution in [0.1, 0.15) is 41.3 Å². The molecule has 2 amide bonds. The van der Waals surface area contributed by atoms with E-state index in [-0.39, 0.29) is 18.4 Å². The van der Waals surface area contributed by atoms with Crippen LogP contribution in [0.3, 0.4) is 0 Å². The minimum absolute atomic E-state index is 0.0348. The van der Waals surface area contributed by atoms with Crippen molar-refractivity contribution in [3.63, 3.8) is 0 Å². The zero-order valence-electron chi connectivity index (χ0n) is 21.1. The standard InChI is InChI=1S/C30H32N4O2/c1-4-5-19-33(30(36)26-14-10-9-11-23(26)3)21-29(35)31-28-20-27(24-12-7-6-8-13-24)32-34(28)25-17-15-22(2)16-18-25/h6-18,20H,4-5,19,21H2,1-3H3,(H,31,35). The molecule has 0 saturated heterocycles. The van der Waals surface area contributed by atoms with E-state index in [1.807, 2.05) is 98.8 Å². The number of hydrogen-bond acceptors (Lipinski definition) is 3. The molecule has 6 nitrogen and oxygen atoms in total. The quantitative estimate of drug-likeness (QED) is 0.318. The lowest BCUT2D eigenvalue weighted by Gasteiger charge is -2.23. The molecule has 6 heteroatoms. The van der Waals surface area contributed by atoms with E-state index >= 15 is 0 Å². The zero-order chi connectivity index (χ0) is 25.5.